The third-order valence-corrected chi connectivity index (χ3v) is 4.25. The van der Waals surface area contributed by atoms with Gasteiger partial charge in [-0.15, -0.1) is 11.6 Å². The van der Waals surface area contributed by atoms with Crippen LogP contribution in [-0.4, -0.2) is 30.6 Å². The molecule has 0 radical (unpaired) electrons. The summed E-state index contributed by atoms with van der Waals surface area (Å²) in [6.07, 6.45) is 0. The number of hydrogen-bond acceptors (Lipinski definition) is 4. The minimum absolute atomic E-state index is 0.132. The molecule has 1 aliphatic carbocycles. The van der Waals surface area contributed by atoms with Crippen LogP contribution in [0.25, 0.3) is 0 Å². The molecule has 1 aromatic carbocycles. The first-order valence-corrected chi connectivity index (χ1v) is 7.41. The molecule has 4 nitrogen and oxygen atoms in total. The van der Waals surface area contributed by atoms with Crippen LogP contribution in [0.2, 0.25) is 0 Å². The van der Waals surface area contributed by atoms with Crippen molar-refractivity contribution in [1.82, 2.24) is 0 Å². The van der Waals surface area contributed by atoms with E-state index in [4.69, 9.17) is 22.3 Å². The highest BCUT2D eigenvalue weighted by atomic mass is 35.7. The van der Waals surface area contributed by atoms with Crippen LogP contribution in [0.3, 0.4) is 0 Å². The van der Waals surface area contributed by atoms with E-state index in [2.05, 4.69) is 0 Å². The van der Waals surface area contributed by atoms with E-state index >= 15 is 0 Å². The number of rotatable bonds is 2. The standard InChI is InChI=1S/C10H6Cl2O4S/c11-10(5-17(12,15)16)8(13)6-3-1-2-4-7(6)9(10)14/h1-4H,5H2. The first-order valence-electron chi connectivity index (χ1n) is 4.55. The Kier molecular flexibility index (Phi) is 2.80. The van der Waals surface area contributed by atoms with Gasteiger partial charge in [0.2, 0.25) is 9.05 Å². The lowest BCUT2D eigenvalue weighted by Crippen LogP contribution is -2.41. The van der Waals surface area contributed by atoms with E-state index in [9.17, 15) is 18.0 Å². The predicted octanol–water partition coefficient (Wildman–Crippen LogP) is 1.61. The van der Waals surface area contributed by atoms with Crippen molar-refractivity contribution in [3.8, 4) is 0 Å². The Morgan fingerprint density at radius 2 is 1.47 bits per heavy atom. The molecule has 0 saturated heterocycles. The quantitative estimate of drug-likeness (QED) is 0.472. The molecule has 2 rings (SSSR count). The number of Topliss-reactive ketones (excluding diaryl/α,β-unsaturated/α-hetero) is 2. The third-order valence-electron chi connectivity index (χ3n) is 2.51. The van der Waals surface area contributed by atoms with E-state index in [1.165, 1.54) is 12.1 Å². The molecule has 1 aliphatic rings. The van der Waals surface area contributed by atoms with Crippen molar-refractivity contribution in [1.29, 1.82) is 0 Å². The Morgan fingerprint density at radius 3 is 1.82 bits per heavy atom. The molecule has 0 N–H and O–H groups in total. The van der Waals surface area contributed by atoms with Gasteiger partial charge in [0.15, 0.2) is 16.4 Å². The number of ketones is 2. The smallest absolute Gasteiger partial charge is 0.235 e. The molecule has 0 heterocycles. The first-order chi connectivity index (χ1) is 7.76. The van der Waals surface area contributed by atoms with E-state index in [0.29, 0.717) is 0 Å². The molecule has 0 aromatic heterocycles. The van der Waals surface area contributed by atoms with Gasteiger partial charge in [0.25, 0.3) is 0 Å². The summed E-state index contributed by atoms with van der Waals surface area (Å²) in [7, 11) is 1.01. The molecule has 0 fully saturated rings. The van der Waals surface area contributed by atoms with Crippen molar-refractivity contribution in [2.75, 3.05) is 5.75 Å². The number of halogens is 2. The second kappa shape index (κ2) is 3.80. The van der Waals surface area contributed by atoms with Gasteiger partial charge in [0.1, 0.15) is 0 Å². The summed E-state index contributed by atoms with van der Waals surface area (Å²) in [6, 6.07) is 6.00. The van der Waals surface area contributed by atoms with Crippen LogP contribution in [0, 0.1) is 0 Å². The van der Waals surface area contributed by atoms with Gasteiger partial charge in [0, 0.05) is 21.8 Å². The molecule has 0 atom stereocenters. The Balaban J connectivity index is 2.56. The summed E-state index contributed by atoms with van der Waals surface area (Å²) >= 11 is 5.86. The van der Waals surface area contributed by atoms with Crippen molar-refractivity contribution in [2.45, 2.75) is 4.87 Å². The maximum absolute atomic E-state index is 11.9. The second-order valence-electron chi connectivity index (χ2n) is 3.69. The summed E-state index contributed by atoms with van der Waals surface area (Å²) in [5.74, 6) is -2.34. The summed E-state index contributed by atoms with van der Waals surface area (Å²) < 4.78 is 22.0. The minimum atomic E-state index is -4.05. The van der Waals surface area contributed by atoms with Gasteiger partial charge in [0.05, 0.1) is 5.75 Å². The molecule has 0 amide bonds. The number of hydrogen-bond donors (Lipinski definition) is 0. The summed E-state index contributed by atoms with van der Waals surface area (Å²) in [6.45, 7) is 0. The van der Waals surface area contributed by atoms with Crippen LogP contribution >= 0.6 is 22.3 Å². The first kappa shape index (κ1) is 12.5. The number of alkyl halides is 1. The molecule has 90 valence electrons. The van der Waals surface area contributed by atoms with Gasteiger partial charge in [-0.1, -0.05) is 24.3 Å². The van der Waals surface area contributed by atoms with Gasteiger partial charge < -0.3 is 0 Å². The van der Waals surface area contributed by atoms with Crippen molar-refractivity contribution in [3.05, 3.63) is 35.4 Å². The number of carbonyl (C=O) groups excluding carboxylic acids is 2. The fourth-order valence-electron chi connectivity index (χ4n) is 1.78. The zero-order chi connectivity index (χ0) is 12.8. The minimum Gasteiger partial charge on any atom is -0.292 e. The predicted molar refractivity (Wildman–Crippen MR) is 63.3 cm³/mol. The average molecular weight is 293 g/mol. The van der Waals surface area contributed by atoms with Crippen molar-refractivity contribution >= 4 is 42.9 Å². The topological polar surface area (TPSA) is 68.3 Å². The molecule has 0 spiro atoms. The Morgan fingerprint density at radius 1 is 1.06 bits per heavy atom. The molecule has 1 aromatic rings. The van der Waals surface area contributed by atoms with Crippen molar-refractivity contribution in [3.63, 3.8) is 0 Å². The summed E-state index contributed by atoms with van der Waals surface area (Å²) in [4.78, 5) is 21.7. The second-order valence-corrected chi connectivity index (χ2v) is 7.11. The molecule has 7 heteroatoms. The van der Waals surface area contributed by atoms with Crippen LogP contribution in [0.5, 0.6) is 0 Å². The lowest BCUT2D eigenvalue weighted by Gasteiger charge is -2.14. The van der Waals surface area contributed by atoms with Gasteiger partial charge >= 0.3 is 0 Å². The monoisotopic (exact) mass is 292 g/mol. The highest BCUT2D eigenvalue weighted by molar-refractivity contribution is 8.13. The zero-order valence-electron chi connectivity index (χ0n) is 8.31. The van der Waals surface area contributed by atoms with E-state index in [1.54, 1.807) is 12.1 Å². The molecule has 0 unspecified atom stereocenters. The van der Waals surface area contributed by atoms with Gasteiger partial charge in [-0.05, 0) is 0 Å². The van der Waals surface area contributed by atoms with Crippen LogP contribution in [-0.2, 0) is 9.05 Å². The maximum atomic E-state index is 11.9. The van der Waals surface area contributed by atoms with Gasteiger partial charge in [-0.3, -0.25) is 9.59 Å². The van der Waals surface area contributed by atoms with Gasteiger partial charge in [-0.2, -0.15) is 0 Å². The molecular formula is C10H6Cl2O4S. The van der Waals surface area contributed by atoms with E-state index in [0.717, 1.165) is 0 Å². The largest absolute Gasteiger partial charge is 0.292 e. The number of carbonyl (C=O) groups is 2. The molecule has 0 aliphatic heterocycles. The highest BCUT2D eigenvalue weighted by Crippen LogP contribution is 2.36. The average Bonchev–Trinajstić information content (AvgIpc) is 2.40. The molecule has 0 saturated carbocycles. The summed E-state index contributed by atoms with van der Waals surface area (Å²) in [5, 5.41) is 0. The summed E-state index contributed by atoms with van der Waals surface area (Å²) in [5.41, 5.74) is 0.264. The third kappa shape index (κ3) is 1.99. The van der Waals surface area contributed by atoms with Crippen LogP contribution in [0.15, 0.2) is 24.3 Å². The van der Waals surface area contributed by atoms with E-state index in [-0.39, 0.29) is 11.1 Å². The normalized spacial score (nSPS) is 18.2. The fraction of sp³-hybridized carbons (Fsp3) is 0.200. The highest BCUT2D eigenvalue weighted by Gasteiger charge is 2.53. The van der Waals surface area contributed by atoms with E-state index in [1.807, 2.05) is 0 Å². The van der Waals surface area contributed by atoms with Crippen LogP contribution in [0.4, 0.5) is 0 Å². The zero-order valence-corrected chi connectivity index (χ0v) is 10.6. The van der Waals surface area contributed by atoms with Gasteiger partial charge in [-0.25, -0.2) is 8.42 Å². The van der Waals surface area contributed by atoms with Crippen molar-refractivity contribution in [2.24, 2.45) is 0 Å². The van der Waals surface area contributed by atoms with Crippen molar-refractivity contribution < 1.29 is 18.0 Å². The Bertz CT molecular complexity index is 586. The maximum Gasteiger partial charge on any atom is 0.235 e. The molecular weight excluding hydrogens is 287 g/mol. The number of fused-ring (bicyclic) bond motifs is 1. The lowest BCUT2D eigenvalue weighted by atomic mass is 10.1. The van der Waals surface area contributed by atoms with Crippen LogP contribution < -0.4 is 0 Å². The van der Waals surface area contributed by atoms with Crippen LogP contribution in [0.1, 0.15) is 20.7 Å². The fourth-order valence-corrected chi connectivity index (χ4v) is 3.81. The lowest BCUT2D eigenvalue weighted by molar-refractivity contribution is 0.0875. The SMILES string of the molecule is O=C1c2ccccc2C(=O)C1(Cl)CS(=O)(=O)Cl. The molecule has 0 bridgehead atoms. The Hall–Kier alpha value is -0.910. The Labute approximate surface area is 107 Å². The number of benzene rings is 1. The molecule has 17 heavy (non-hydrogen) atoms. The van der Waals surface area contributed by atoms with E-state index < -0.39 is 31.2 Å².